The minimum Gasteiger partial charge on any atom is -0.472 e. The molecule has 1 spiro atoms. The Hall–Kier alpha value is -4.63. The first kappa shape index (κ1) is 29.8. The lowest BCUT2D eigenvalue weighted by Crippen LogP contribution is -2.44. The van der Waals surface area contributed by atoms with Gasteiger partial charge in [-0.15, -0.1) is 0 Å². The standard InChI is InChI=1S/C44H43NO2/c1-41(2)26-42(3,4)28-43(27-41)37-15-11-10-14-34(37)38-33-21-16-29(25-46)24-36(33)40-35(39(38)43)22-23-44(47-40,30-12-8-7-9-13-30)31-17-19-32(20-18-31)45(5)6/h7-25H,26-28H2,1-6H3. The molecule has 1 saturated carbocycles. The van der Waals surface area contributed by atoms with Crippen LogP contribution in [0.4, 0.5) is 5.69 Å². The summed E-state index contributed by atoms with van der Waals surface area (Å²) in [6.07, 6.45) is 8.90. The summed E-state index contributed by atoms with van der Waals surface area (Å²) in [6.45, 7) is 9.79. The van der Waals surface area contributed by atoms with Crippen molar-refractivity contribution in [3.05, 3.63) is 137 Å². The topological polar surface area (TPSA) is 29.5 Å². The maximum atomic E-state index is 12.2. The molecule has 236 valence electrons. The fourth-order valence-electron chi connectivity index (χ4n) is 9.92. The normalized spacial score (nSPS) is 21.1. The Morgan fingerprint density at radius 2 is 1.38 bits per heavy atom. The highest BCUT2D eigenvalue weighted by molar-refractivity contribution is 6.09. The van der Waals surface area contributed by atoms with E-state index in [4.69, 9.17) is 4.74 Å². The molecule has 47 heavy (non-hydrogen) atoms. The third-order valence-electron chi connectivity index (χ3n) is 10.9. The predicted octanol–water partition coefficient (Wildman–Crippen LogP) is 10.6. The van der Waals surface area contributed by atoms with Crippen molar-refractivity contribution >= 4 is 28.8 Å². The molecule has 0 aromatic heterocycles. The molecule has 0 radical (unpaired) electrons. The fraction of sp³-hybridized carbons (Fsp3) is 0.295. The Labute approximate surface area is 278 Å². The van der Waals surface area contributed by atoms with Crippen molar-refractivity contribution in [2.75, 3.05) is 19.0 Å². The Kier molecular flexibility index (Phi) is 6.45. The quantitative estimate of drug-likeness (QED) is 0.188. The number of benzene rings is 5. The number of ether oxygens (including phenoxy) is 1. The van der Waals surface area contributed by atoms with Gasteiger partial charge in [-0.1, -0.05) is 113 Å². The van der Waals surface area contributed by atoms with Gasteiger partial charge in [0, 0.05) is 52.8 Å². The van der Waals surface area contributed by atoms with E-state index in [1.54, 1.807) is 0 Å². The van der Waals surface area contributed by atoms with Crippen LogP contribution in [0.15, 0.2) is 103 Å². The van der Waals surface area contributed by atoms with Crippen LogP contribution in [0, 0.1) is 10.8 Å². The predicted molar refractivity (Wildman–Crippen MR) is 195 cm³/mol. The molecule has 0 N–H and O–H groups in total. The van der Waals surface area contributed by atoms with Gasteiger partial charge in [-0.25, -0.2) is 0 Å². The number of rotatable bonds is 4. The lowest BCUT2D eigenvalue weighted by molar-refractivity contribution is 0.0641. The molecule has 3 heteroatoms. The van der Waals surface area contributed by atoms with Crippen LogP contribution in [0.2, 0.25) is 0 Å². The molecule has 1 fully saturated rings. The van der Waals surface area contributed by atoms with Crippen LogP contribution in [0.5, 0.6) is 5.75 Å². The molecular weight excluding hydrogens is 574 g/mol. The van der Waals surface area contributed by atoms with Gasteiger partial charge >= 0.3 is 0 Å². The number of anilines is 1. The summed E-state index contributed by atoms with van der Waals surface area (Å²) in [4.78, 5) is 14.4. The highest BCUT2D eigenvalue weighted by Crippen LogP contribution is 2.66. The fourth-order valence-corrected chi connectivity index (χ4v) is 9.92. The molecule has 1 unspecified atom stereocenters. The van der Waals surface area contributed by atoms with Gasteiger partial charge in [-0.3, -0.25) is 4.79 Å². The first-order valence-electron chi connectivity index (χ1n) is 16.9. The van der Waals surface area contributed by atoms with Crippen LogP contribution in [0.25, 0.3) is 28.0 Å². The van der Waals surface area contributed by atoms with E-state index >= 15 is 0 Å². The Bertz CT molecular complexity index is 2070. The van der Waals surface area contributed by atoms with Crippen LogP contribution >= 0.6 is 0 Å². The van der Waals surface area contributed by atoms with Gasteiger partial charge in [-0.05, 0) is 82.0 Å². The summed E-state index contributed by atoms with van der Waals surface area (Å²) < 4.78 is 7.55. The number of hydrogen-bond acceptors (Lipinski definition) is 3. The molecular formula is C44H43NO2. The molecule has 2 aliphatic carbocycles. The Morgan fingerprint density at radius 3 is 2.06 bits per heavy atom. The number of hydrogen-bond donors (Lipinski definition) is 0. The van der Waals surface area contributed by atoms with Crippen molar-refractivity contribution in [2.24, 2.45) is 10.8 Å². The Balaban J connectivity index is 1.47. The van der Waals surface area contributed by atoms with Crippen molar-refractivity contribution in [1.29, 1.82) is 0 Å². The van der Waals surface area contributed by atoms with Crippen molar-refractivity contribution in [3.8, 4) is 16.9 Å². The number of carbonyl (C=O) groups excluding carboxylic acids is 1. The van der Waals surface area contributed by atoms with E-state index in [0.717, 1.165) is 58.0 Å². The molecule has 3 nitrogen and oxygen atoms in total. The number of fused-ring (bicyclic) bond motifs is 10. The van der Waals surface area contributed by atoms with Gasteiger partial charge in [-0.2, -0.15) is 0 Å². The first-order valence-corrected chi connectivity index (χ1v) is 16.9. The maximum Gasteiger partial charge on any atom is 0.178 e. The maximum absolute atomic E-state index is 12.2. The average Bonchev–Trinajstić information content (AvgIpc) is 3.32. The van der Waals surface area contributed by atoms with Crippen molar-refractivity contribution in [3.63, 3.8) is 0 Å². The highest BCUT2D eigenvalue weighted by Gasteiger charge is 2.55. The van der Waals surface area contributed by atoms with Crippen molar-refractivity contribution < 1.29 is 9.53 Å². The van der Waals surface area contributed by atoms with E-state index in [2.05, 4.69) is 144 Å². The zero-order valence-corrected chi connectivity index (χ0v) is 28.4. The van der Waals surface area contributed by atoms with Crippen molar-refractivity contribution in [2.45, 2.75) is 58.0 Å². The second-order valence-corrected chi connectivity index (χ2v) is 15.9. The molecule has 5 aromatic carbocycles. The van der Waals surface area contributed by atoms with Crippen LogP contribution in [-0.2, 0) is 11.0 Å². The van der Waals surface area contributed by atoms with Crippen LogP contribution < -0.4 is 9.64 Å². The summed E-state index contributed by atoms with van der Waals surface area (Å²) in [7, 11) is 4.13. The lowest BCUT2D eigenvalue weighted by Gasteiger charge is -2.52. The van der Waals surface area contributed by atoms with E-state index in [9.17, 15) is 4.79 Å². The smallest absolute Gasteiger partial charge is 0.178 e. The van der Waals surface area contributed by atoms with Gasteiger partial charge in [0.15, 0.2) is 5.60 Å². The largest absolute Gasteiger partial charge is 0.472 e. The second-order valence-electron chi connectivity index (χ2n) is 15.9. The molecule has 5 aromatic rings. The third-order valence-corrected chi connectivity index (χ3v) is 10.9. The number of aldehydes is 1. The molecule has 1 atom stereocenters. The Morgan fingerprint density at radius 1 is 0.723 bits per heavy atom. The lowest BCUT2D eigenvalue weighted by atomic mass is 9.52. The van der Waals surface area contributed by atoms with E-state index in [1.165, 1.54) is 28.7 Å². The summed E-state index contributed by atoms with van der Waals surface area (Å²) in [5.74, 6) is 0.860. The minimum absolute atomic E-state index is 0.154. The summed E-state index contributed by atoms with van der Waals surface area (Å²) >= 11 is 0. The van der Waals surface area contributed by atoms with E-state index < -0.39 is 5.60 Å². The van der Waals surface area contributed by atoms with Crippen LogP contribution in [0.3, 0.4) is 0 Å². The number of nitrogens with zero attached hydrogens (tertiary/aromatic N) is 1. The molecule has 0 bridgehead atoms. The average molecular weight is 618 g/mol. The first-order chi connectivity index (χ1) is 22.5. The third kappa shape index (κ3) is 4.43. The molecule has 0 amide bonds. The van der Waals surface area contributed by atoms with Gasteiger partial charge in [0.2, 0.25) is 0 Å². The molecule has 1 heterocycles. The van der Waals surface area contributed by atoms with Crippen LogP contribution in [0.1, 0.15) is 85.1 Å². The van der Waals surface area contributed by atoms with Gasteiger partial charge < -0.3 is 9.64 Å². The van der Waals surface area contributed by atoms with E-state index in [1.807, 2.05) is 12.1 Å². The summed E-state index contributed by atoms with van der Waals surface area (Å²) in [5, 5.41) is 2.13. The SMILES string of the molecule is CN(C)c1ccc(C2(c3ccccc3)C=Cc3c4c(c5ccc(C=O)cc5c3O2)-c2ccccc2C42CC(C)(C)CC(C)(C)C2)cc1. The van der Waals surface area contributed by atoms with Gasteiger partial charge in [0.25, 0.3) is 0 Å². The van der Waals surface area contributed by atoms with E-state index in [0.29, 0.717) is 5.56 Å². The highest BCUT2D eigenvalue weighted by atomic mass is 16.5. The zero-order chi connectivity index (χ0) is 32.8. The van der Waals surface area contributed by atoms with Gasteiger partial charge in [0.1, 0.15) is 12.0 Å². The monoisotopic (exact) mass is 617 g/mol. The number of carbonyl (C=O) groups is 1. The van der Waals surface area contributed by atoms with Crippen molar-refractivity contribution in [1.82, 2.24) is 0 Å². The molecule has 1 aliphatic heterocycles. The summed E-state index contributed by atoms with van der Waals surface area (Å²) in [6, 6.07) is 34.5. The second kappa shape index (κ2) is 10.2. The summed E-state index contributed by atoms with van der Waals surface area (Å²) in [5.41, 5.74) is 9.81. The van der Waals surface area contributed by atoms with Gasteiger partial charge in [0.05, 0.1) is 0 Å². The molecule has 8 rings (SSSR count). The minimum atomic E-state index is -0.846. The molecule has 0 saturated heterocycles. The van der Waals surface area contributed by atoms with Crippen LogP contribution in [-0.4, -0.2) is 20.4 Å². The zero-order valence-electron chi connectivity index (χ0n) is 28.4. The van der Waals surface area contributed by atoms with E-state index in [-0.39, 0.29) is 16.2 Å². The molecule has 3 aliphatic rings.